The van der Waals surface area contributed by atoms with Gasteiger partial charge in [-0.25, -0.2) is 4.39 Å². The third kappa shape index (κ3) is 5.03. The first kappa shape index (κ1) is 19.7. The molecule has 1 N–H and O–H groups in total. The van der Waals surface area contributed by atoms with Gasteiger partial charge in [-0.3, -0.25) is 14.4 Å². The molecular formula is C22H23FN2O3. The van der Waals surface area contributed by atoms with E-state index in [1.807, 2.05) is 0 Å². The van der Waals surface area contributed by atoms with E-state index >= 15 is 0 Å². The molecule has 1 aliphatic heterocycles. The first-order valence-corrected chi connectivity index (χ1v) is 9.36. The summed E-state index contributed by atoms with van der Waals surface area (Å²) in [7, 11) is 0. The molecule has 0 spiro atoms. The van der Waals surface area contributed by atoms with Crippen LogP contribution in [0.4, 0.5) is 10.1 Å². The summed E-state index contributed by atoms with van der Waals surface area (Å²) in [4.78, 5) is 38.2. The Morgan fingerprint density at radius 2 is 1.75 bits per heavy atom. The Kier molecular flexibility index (Phi) is 6.19. The first-order valence-electron chi connectivity index (χ1n) is 9.36. The number of nitrogens with one attached hydrogen (secondary N) is 1. The number of amides is 2. The maximum absolute atomic E-state index is 13.0. The van der Waals surface area contributed by atoms with Crippen LogP contribution in [0.2, 0.25) is 0 Å². The van der Waals surface area contributed by atoms with Crippen molar-refractivity contribution in [1.82, 2.24) is 4.90 Å². The lowest BCUT2D eigenvalue weighted by Crippen LogP contribution is -2.42. The van der Waals surface area contributed by atoms with E-state index in [4.69, 9.17) is 0 Å². The standard InChI is InChI=1S/C22H23FN2O3/c1-15(26)18-3-2-4-20(14-18)24-22(28)17-9-11-25(12-10-17)21(27)13-16-5-7-19(23)8-6-16/h2-8,14,17H,9-13H2,1H3,(H,24,28). The van der Waals surface area contributed by atoms with E-state index in [1.165, 1.54) is 19.1 Å². The van der Waals surface area contributed by atoms with Gasteiger partial charge in [0.2, 0.25) is 11.8 Å². The van der Waals surface area contributed by atoms with Crippen molar-refractivity contribution in [1.29, 1.82) is 0 Å². The minimum absolute atomic E-state index is 0.0142. The predicted molar refractivity (Wildman–Crippen MR) is 104 cm³/mol. The van der Waals surface area contributed by atoms with E-state index in [-0.39, 0.29) is 35.8 Å². The highest BCUT2D eigenvalue weighted by Gasteiger charge is 2.27. The summed E-state index contributed by atoms with van der Waals surface area (Å²) in [6.45, 7) is 2.52. The Bertz CT molecular complexity index is 872. The van der Waals surface area contributed by atoms with Gasteiger partial charge in [-0.15, -0.1) is 0 Å². The van der Waals surface area contributed by atoms with Gasteiger partial charge in [0.05, 0.1) is 6.42 Å². The van der Waals surface area contributed by atoms with Crippen molar-refractivity contribution >= 4 is 23.3 Å². The number of likely N-dealkylation sites (tertiary alicyclic amines) is 1. The first-order chi connectivity index (χ1) is 13.4. The zero-order valence-electron chi connectivity index (χ0n) is 15.8. The van der Waals surface area contributed by atoms with E-state index in [2.05, 4.69) is 5.32 Å². The highest BCUT2D eigenvalue weighted by Crippen LogP contribution is 2.21. The smallest absolute Gasteiger partial charge is 0.227 e. The van der Waals surface area contributed by atoms with Gasteiger partial charge in [0.25, 0.3) is 0 Å². The van der Waals surface area contributed by atoms with Crippen LogP contribution in [0.15, 0.2) is 48.5 Å². The summed E-state index contributed by atoms with van der Waals surface area (Å²) in [5.74, 6) is -0.650. The van der Waals surface area contributed by atoms with Crippen LogP contribution in [-0.4, -0.2) is 35.6 Å². The summed E-state index contributed by atoms with van der Waals surface area (Å²) < 4.78 is 13.0. The van der Waals surface area contributed by atoms with E-state index in [0.29, 0.717) is 37.2 Å². The second kappa shape index (κ2) is 8.78. The average molecular weight is 382 g/mol. The molecule has 1 heterocycles. The van der Waals surface area contributed by atoms with Gasteiger partial charge in [-0.1, -0.05) is 24.3 Å². The minimum atomic E-state index is -0.322. The number of nitrogens with zero attached hydrogens (tertiary/aromatic N) is 1. The number of ketones is 1. The average Bonchev–Trinajstić information content (AvgIpc) is 2.70. The van der Waals surface area contributed by atoms with Crippen molar-refractivity contribution in [2.75, 3.05) is 18.4 Å². The molecule has 2 aromatic carbocycles. The fourth-order valence-electron chi connectivity index (χ4n) is 3.34. The number of Topliss-reactive ketones (excluding diaryl/α,β-unsaturated/α-hetero) is 1. The largest absolute Gasteiger partial charge is 0.342 e. The van der Waals surface area contributed by atoms with Crippen molar-refractivity contribution in [2.24, 2.45) is 5.92 Å². The monoisotopic (exact) mass is 382 g/mol. The molecular weight excluding hydrogens is 359 g/mol. The molecule has 6 heteroatoms. The zero-order valence-corrected chi connectivity index (χ0v) is 15.8. The quantitative estimate of drug-likeness (QED) is 0.806. The maximum Gasteiger partial charge on any atom is 0.227 e. The summed E-state index contributed by atoms with van der Waals surface area (Å²) in [6, 6.07) is 12.8. The molecule has 0 bridgehead atoms. The molecule has 0 atom stereocenters. The highest BCUT2D eigenvalue weighted by atomic mass is 19.1. The van der Waals surface area contributed by atoms with Crippen LogP contribution in [0, 0.1) is 11.7 Å². The van der Waals surface area contributed by atoms with Gasteiger partial charge in [0, 0.05) is 30.3 Å². The molecule has 1 aliphatic rings. The molecule has 0 radical (unpaired) electrons. The van der Waals surface area contributed by atoms with Crippen molar-refractivity contribution in [3.05, 3.63) is 65.5 Å². The second-order valence-corrected chi connectivity index (χ2v) is 7.08. The van der Waals surface area contributed by atoms with Gasteiger partial charge < -0.3 is 10.2 Å². The number of anilines is 1. The molecule has 2 aromatic rings. The summed E-state index contributed by atoms with van der Waals surface area (Å²) in [5, 5.41) is 2.87. The highest BCUT2D eigenvalue weighted by molar-refractivity contribution is 5.97. The van der Waals surface area contributed by atoms with E-state index in [1.54, 1.807) is 41.3 Å². The molecule has 2 amide bonds. The van der Waals surface area contributed by atoms with E-state index in [9.17, 15) is 18.8 Å². The SMILES string of the molecule is CC(=O)c1cccc(NC(=O)C2CCN(C(=O)Cc3ccc(F)cc3)CC2)c1. The minimum Gasteiger partial charge on any atom is -0.342 e. The second-order valence-electron chi connectivity index (χ2n) is 7.08. The number of halogens is 1. The summed E-state index contributed by atoms with van der Waals surface area (Å²) in [6.07, 6.45) is 1.41. The number of hydrogen-bond donors (Lipinski definition) is 1. The van der Waals surface area contributed by atoms with Crippen LogP contribution in [0.25, 0.3) is 0 Å². The zero-order chi connectivity index (χ0) is 20.1. The van der Waals surface area contributed by atoms with Crippen LogP contribution in [0.1, 0.15) is 35.7 Å². The Morgan fingerprint density at radius 1 is 1.07 bits per heavy atom. The van der Waals surface area contributed by atoms with Crippen molar-refractivity contribution < 1.29 is 18.8 Å². The van der Waals surface area contributed by atoms with Gasteiger partial charge in [-0.2, -0.15) is 0 Å². The van der Waals surface area contributed by atoms with Crippen LogP contribution >= 0.6 is 0 Å². The van der Waals surface area contributed by atoms with Gasteiger partial charge >= 0.3 is 0 Å². The van der Waals surface area contributed by atoms with Crippen LogP contribution < -0.4 is 5.32 Å². The van der Waals surface area contributed by atoms with Gasteiger partial charge in [0.15, 0.2) is 5.78 Å². The lowest BCUT2D eigenvalue weighted by atomic mass is 9.95. The topological polar surface area (TPSA) is 66.5 Å². The van der Waals surface area contributed by atoms with Crippen molar-refractivity contribution in [2.45, 2.75) is 26.2 Å². The number of hydrogen-bond acceptors (Lipinski definition) is 3. The fraction of sp³-hybridized carbons (Fsp3) is 0.318. The molecule has 0 unspecified atom stereocenters. The number of piperidine rings is 1. The lowest BCUT2D eigenvalue weighted by Gasteiger charge is -2.31. The molecule has 1 saturated heterocycles. The fourth-order valence-corrected chi connectivity index (χ4v) is 3.34. The van der Waals surface area contributed by atoms with Crippen LogP contribution in [-0.2, 0) is 16.0 Å². The predicted octanol–water partition coefficient (Wildman–Crippen LogP) is 3.45. The number of rotatable bonds is 5. The molecule has 28 heavy (non-hydrogen) atoms. The van der Waals surface area contributed by atoms with Crippen LogP contribution in [0.5, 0.6) is 0 Å². The summed E-state index contributed by atoms with van der Waals surface area (Å²) >= 11 is 0. The molecule has 0 aromatic heterocycles. The molecule has 1 fully saturated rings. The van der Waals surface area contributed by atoms with Crippen LogP contribution in [0.3, 0.4) is 0 Å². The molecule has 0 aliphatic carbocycles. The third-order valence-corrected chi connectivity index (χ3v) is 5.02. The molecule has 5 nitrogen and oxygen atoms in total. The van der Waals surface area contributed by atoms with Crippen molar-refractivity contribution in [3.8, 4) is 0 Å². The Hall–Kier alpha value is -3.02. The lowest BCUT2D eigenvalue weighted by molar-refractivity contribution is -0.133. The maximum atomic E-state index is 13.0. The molecule has 146 valence electrons. The van der Waals surface area contributed by atoms with Gasteiger partial charge in [-0.05, 0) is 49.6 Å². The normalized spacial score (nSPS) is 14.6. The number of carbonyl (C=O) groups excluding carboxylic acids is 3. The molecule has 3 rings (SSSR count). The third-order valence-electron chi connectivity index (χ3n) is 5.02. The van der Waals surface area contributed by atoms with Gasteiger partial charge in [0.1, 0.15) is 5.82 Å². The van der Waals surface area contributed by atoms with Crippen molar-refractivity contribution in [3.63, 3.8) is 0 Å². The Labute approximate surface area is 163 Å². The van der Waals surface area contributed by atoms with E-state index in [0.717, 1.165) is 5.56 Å². The number of benzene rings is 2. The summed E-state index contributed by atoms with van der Waals surface area (Å²) in [5.41, 5.74) is 1.93. The van der Waals surface area contributed by atoms with E-state index < -0.39 is 0 Å². The molecule has 0 saturated carbocycles. The number of carbonyl (C=O) groups is 3. The Morgan fingerprint density at radius 3 is 2.39 bits per heavy atom. The Balaban J connectivity index is 1.51.